The van der Waals surface area contributed by atoms with E-state index in [1.807, 2.05) is 24.4 Å². The molecule has 6 nitrogen and oxygen atoms in total. The Morgan fingerprint density at radius 1 is 1.17 bits per heavy atom. The van der Waals surface area contributed by atoms with Crippen LogP contribution in [0.25, 0.3) is 16.2 Å². The molecule has 0 saturated carbocycles. The Hall–Kier alpha value is -3.06. The number of hydrogen-bond donors (Lipinski definition) is 1. The van der Waals surface area contributed by atoms with E-state index in [1.165, 1.54) is 16.9 Å². The number of nitrogens with zero attached hydrogens (tertiary/aromatic N) is 4. The normalized spacial score (nSPS) is 10.9. The van der Waals surface area contributed by atoms with E-state index in [0.717, 1.165) is 16.2 Å². The highest BCUT2D eigenvalue weighted by molar-refractivity contribution is 7.15. The maximum atomic E-state index is 12.1. The molecule has 7 heteroatoms. The van der Waals surface area contributed by atoms with Crippen LogP contribution in [0.1, 0.15) is 16.1 Å². The first-order valence-electron chi connectivity index (χ1n) is 7.34. The van der Waals surface area contributed by atoms with E-state index >= 15 is 0 Å². The van der Waals surface area contributed by atoms with E-state index in [0.29, 0.717) is 5.69 Å². The standard InChI is InChI=1S/C17H13N5OS/c1-11-5-7-12(8-6-11)14-10-24-17-20-16(21-22(14)17)19-15(23)13-4-2-3-9-18-13/h2-10H,1H3,(H,19,21,23). The Morgan fingerprint density at radius 2 is 2.00 bits per heavy atom. The summed E-state index contributed by atoms with van der Waals surface area (Å²) in [4.78, 5) is 21.2. The van der Waals surface area contributed by atoms with E-state index < -0.39 is 0 Å². The van der Waals surface area contributed by atoms with Crippen LogP contribution < -0.4 is 5.32 Å². The third-order valence-corrected chi connectivity index (χ3v) is 4.37. The minimum Gasteiger partial charge on any atom is -0.288 e. The van der Waals surface area contributed by atoms with Crippen LogP contribution in [0.2, 0.25) is 0 Å². The number of aromatic nitrogens is 4. The van der Waals surface area contributed by atoms with Crippen LogP contribution in [-0.4, -0.2) is 25.5 Å². The molecule has 1 N–H and O–H groups in total. The Kier molecular flexibility index (Phi) is 3.55. The monoisotopic (exact) mass is 335 g/mol. The van der Waals surface area contributed by atoms with Crippen molar-refractivity contribution in [3.8, 4) is 11.3 Å². The van der Waals surface area contributed by atoms with Gasteiger partial charge in [-0.3, -0.25) is 15.1 Å². The van der Waals surface area contributed by atoms with Crippen molar-refractivity contribution in [2.24, 2.45) is 0 Å². The minimum atomic E-state index is -0.328. The van der Waals surface area contributed by atoms with Crippen LogP contribution in [0.5, 0.6) is 0 Å². The quantitative estimate of drug-likeness (QED) is 0.623. The second-order valence-electron chi connectivity index (χ2n) is 5.29. The van der Waals surface area contributed by atoms with Gasteiger partial charge in [0.25, 0.3) is 11.9 Å². The molecule has 0 aliphatic rings. The van der Waals surface area contributed by atoms with E-state index in [1.54, 1.807) is 28.9 Å². The zero-order chi connectivity index (χ0) is 16.5. The Bertz CT molecular complexity index is 1000. The first kappa shape index (κ1) is 14.5. The van der Waals surface area contributed by atoms with Crippen molar-refractivity contribution in [2.75, 3.05) is 5.32 Å². The van der Waals surface area contributed by atoms with Gasteiger partial charge in [0.15, 0.2) is 0 Å². The molecule has 0 unspecified atom stereocenters. The van der Waals surface area contributed by atoms with Gasteiger partial charge in [0, 0.05) is 17.1 Å². The first-order valence-corrected chi connectivity index (χ1v) is 8.22. The molecule has 0 aliphatic heterocycles. The average molecular weight is 335 g/mol. The number of nitrogens with one attached hydrogen (secondary N) is 1. The van der Waals surface area contributed by atoms with Gasteiger partial charge in [-0.15, -0.1) is 16.4 Å². The molecule has 0 radical (unpaired) electrons. The fourth-order valence-corrected chi connectivity index (χ4v) is 3.15. The van der Waals surface area contributed by atoms with E-state index in [2.05, 4.69) is 32.5 Å². The van der Waals surface area contributed by atoms with E-state index in [-0.39, 0.29) is 11.9 Å². The van der Waals surface area contributed by atoms with Crippen LogP contribution in [0.4, 0.5) is 5.95 Å². The van der Waals surface area contributed by atoms with Crippen LogP contribution in [0, 0.1) is 6.92 Å². The highest BCUT2D eigenvalue weighted by Crippen LogP contribution is 2.26. The van der Waals surface area contributed by atoms with Crippen molar-refractivity contribution in [1.82, 2.24) is 19.6 Å². The highest BCUT2D eigenvalue weighted by Gasteiger charge is 2.14. The third kappa shape index (κ3) is 2.65. The van der Waals surface area contributed by atoms with Crippen molar-refractivity contribution in [2.45, 2.75) is 6.92 Å². The number of rotatable bonds is 3. The molecule has 0 spiro atoms. The van der Waals surface area contributed by atoms with Gasteiger partial charge in [0.05, 0.1) is 5.69 Å². The summed E-state index contributed by atoms with van der Waals surface area (Å²) in [7, 11) is 0. The summed E-state index contributed by atoms with van der Waals surface area (Å²) in [5.74, 6) is -0.0587. The first-order chi connectivity index (χ1) is 11.7. The van der Waals surface area contributed by atoms with Crippen molar-refractivity contribution >= 4 is 28.2 Å². The Morgan fingerprint density at radius 3 is 2.75 bits per heavy atom. The minimum absolute atomic E-state index is 0.269. The molecule has 0 bridgehead atoms. The summed E-state index contributed by atoms with van der Waals surface area (Å²) in [6, 6.07) is 13.4. The van der Waals surface area contributed by atoms with Crippen LogP contribution in [-0.2, 0) is 0 Å². The summed E-state index contributed by atoms with van der Waals surface area (Å²) >= 11 is 1.48. The van der Waals surface area contributed by atoms with Gasteiger partial charge in [-0.2, -0.15) is 4.98 Å². The van der Waals surface area contributed by atoms with Gasteiger partial charge in [-0.05, 0) is 19.1 Å². The second-order valence-corrected chi connectivity index (χ2v) is 6.12. The van der Waals surface area contributed by atoms with Gasteiger partial charge >= 0.3 is 0 Å². The smallest absolute Gasteiger partial charge is 0.276 e. The summed E-state index contributed by atoms with van der Waals surface area (Å²) in [5, 5.41) is 9.08. The summed E-state index contributed by atoms with van der Waals surface area (Å²) in [5.41, 5.74) is 3.53. The molecule has 0 aliphatic carbocycles. The molecular formula is C17H13N5OS. The van der Waals surface area contributed by atoms with Gasteiger partial charge in [-0.1, -0.05) is 35.9 Å². The molecule has 24 heavy (non-hydrogen) atoms. The molecule has 1 aromatic carbocycles. The van der Waals surface area contributed by atoms with Crippen molar-refractivity contribution in [3.05, 3.63) is 65.3 Å². The molecular weight excluding hydrogens is 322 g/mol. The number of carbonyl (C=O) groups is 1. The lowest BCUT2D eigenvalue weighted by Crippen LogP contribution is -2.14. The molecule has 3 aromatic heterocycles. The van der Waals surface area contributed by atoms with Gasteiger partial charge in [0.1, 0.15) is 5.69 Å². The summed E-state index contributed by atoms with van der Waals surface area (Å²) in [6.45, 7) is 2.05. The second kappa shape index (κ2) is 5.86. The van der Waals surface area contributed by atoms with E-state index in [4.69, 9.17) is 0 Å². The SMILES string of the molecule is Cc1ccc(-c2csc3nc(NC(=O)c4ccccn4)nn23)cc1. The number of hydrogen-bond acceptors (Lipinski definition) is 5. The van der Waals surface area contributed by atoms with Crippen LogP contribution in [0.3, 0.4) is 0 Å². The predicted molar refractivity (Wildman–Crippen MR) is 93.2 cm³/mol. The predicted octanol–water partition coefficient (Wildman–Crippen LogP) is 3.41. The maximum absolute atomic E-state index is 12.1. The fourth-order valence-electron chi connectivity index (χ4n) is 2.32. The lowest BCUT2D eigenvalue weighted by molar-refractivity contribution is 0.102. The van der Waals surface area contributed by atoms with Crippen LogP contribution >= 0.6 is 11.3 Å². The number of pyridine rings is 1. The molecule has 0 fully saturated rings. The zero-order valence-corrected chi connectivity index (χ0v) is 13.6. The number of amides is 1. The number of anilines is 1. The van der Waals surface area contributed by atoms with Crippen molar-refractivity contribution in [3.63, 3.8) is 0 Å². The van der Waals surface area contributed by atoms with Crippen LogP contribution in [0.15, 0.2) is 54.0 Å². The molecule has 0 saturated heterocycles. The Balaban J connectivity index is 1.65. The molecule has 118 valence electrons. The number of aryl methyl sites for hydroxylation is 1. The van der Waals surface area contributed by atoms with Gasteiger partial charge in [-0.25, -0.2) is 4.52 Å². The molecule has 3 heterocycles. The summed E-state index contributed by atoms with van der Waals surface area (Å²) < 4.78 is 1.74. The van der Waals surface area contributed by atoms with Gasteiger partial charge in [0.2, 0.25) is 4.96 Å². The summed E-state index contributed by atoms with van der Waals surface area (Å²) in [6.07, 6.45) is 1.57. The number of thiazole rings is 1. The molecule has 4 rings (SSSR count). The highest BCUT2D eigenvalue weighted by atomic mass is 32.1. The lowest BCUT2D eigenvalue weighted by Gasteiger charge is -2.00. The number of fused-ring (bicyclic) bond motifs is 1. The van der Waals surface area contributed by atoms with Gasteiger partial charge < -0.3 is 0 Å². The largest absolute Gasteiger partial charge is 0.288 e. The molecule has 1 amide bonds. The lowest BCUT2D eigenvalue weighted by atomic mass is 10.1. The third-order valence-electron chi connectivity index (χ3n) is 3.55. The molecule has 4 aromatic rings. The number of carbonyl (C=O) groups excluding carboxylic acids is 1. The Labute approximate surface area is 141 Å². The topological polar surface area (TPSA) is 72.2 Å². The van der Waals surface area contributed by atoms with Crippen molar-refractivity contribution < 1.29 is 4.79 Å². The number of benzene rings is 1. The fraction of sp³-hybridized carbons (Fsp3) is 0.0588. The maximum Gasteiger partial charge on any atom is 0.276 e. The average Bonchev–Trinajstić information content (AvgIpc) is 3.16. The van der Waals surface area contributed by atoms with E-state index in [9.17, 15) is 4.79 Å². The zero-order valence-electron chi connectivity index (χ0n) is 12.8. The van der Waals surface area contributed by atoms with Crippen molar-refractivity contribution in [1.29, 1.82) is 0 Å². The molecule has 0 atom stereocenters.